The molecule has 0 rings (SSSR count). The van der Waals surface area contributed by atoms with Crippen molar-refractivity contribution in [2.45, 2.75) is 40.0 Å². The first-order valence-corrected chi connectivity index (χ1v) is 4.57. The Morgan fingerprint density at radius 3 is 2.00 bits per heavy atom. The zero-order valence-electron chi connectivity index (χ0n) is 9.69. The molecule has 0 aliphatic heterocycles. The van der Waals surface area contributed by atoms with Crippen molar-refractivity contribution in [1.82, 2.24) is 4.90 Å². The molecule has 0 amide bonds. The Morgan fingerprint density at radius 1 is 1.00 bits per heavy atom. The summed E-state index contributed by atoms with van der Waals surface area (Å²) in [7, 11) is 0. The normalized spacial score (nSPS) is 9.82. The van der Waals surface area contributed by atoms with Gasteiger partial charge in [0.05, 0.1) is 0 Å². The SMILES string of the molecule is CCCCN(CC)CCC.[H-].[Li+]. The molecule has 0 spiro atoms. The van der Waals surface area contributed by atoms with Gasteiger partial charge >= 0.3 is 18.9 Å². The van der Waals surface area contributed by atoms with Gasteiger partial charge < -0.3 is 6.33 Å². The van der Waals surface area contributed by atoms with Crippen LogP contribution in [0.4, 0.5) is 0 Å². The Labute approximate surface area is 85.2 Å². The summed E-state index contributed by atoms with van der Waals surface area (Å²) in [6.07, 6.45) is 3.96. The molecule has 0 aromatic heterocycles. The predicted octanol–water partition coefficient (Wildman–Crippen LogP) is -0.365. The average Bonchev–Trinajstić information content (AvgIpc) is 1.98. The van der Waals surface area contributed by atoms with Crippen LogP contribution in [0.1, 0.15) is 41.5 Å². The van der Waals surface area contributed by atoms with Crippen molar-refractivity contribution in [3.8, 4) is 0 Å². The van der Waals surface area contributed by atoms with Crippen LogP contribution in [0.3, 0.4) is 0 Å². The number of hydrogen-bond donors (Lipinski definition) is 0. The van der Waals surface area contributed by atoms with E-state index in [4.69, 9.17) is 0 Å². The standard InChI is InChI=1S/C9H21N.Li.H/c1-4-7-9-10(6-3)8-5-2;;/h4-9H2,1-3H3;;/q;+1;-1. The monoisotopic (exact) mass is 151 g/mol. The molecule has 0 aromatic rings. The van der Waals surface area contributed by atoms with Gasteiger partial charge in [0.25, 0.3) is 0 Å². The molecule has 2 heteroatoms. The number of unbranched alkanes of at least 4 members (excludes halogenated alkanes) is 1. The van der Waals surface area contributed by atoms with Gasteiger partial charge in [0.15, 0.2) is 0 Å². The average molecular weight is 151 g/mol. The molecular weight excluding hydrogens is 129 g/mol. The minimum absolute atomic E-state index is 0. The molecule has 0 unspecified atom stereocenters. The van der Waals surface area contributed by atoms with E-state index >= 15 is 0 Å². The molecule has 11 heavy (non-hydrogen) atoms. The van der Waals surface area contributed by atoms with E-state index in [1.54, 1.807) is 0 Å². The molecule has 0 heterocycles. The summed E-state index contributed by atoms with van der Waals surface area (Å²) in [4.78, 5) is 2.52. The van der Waals surface area contributed by atoms with Crippen molar-refractivity contribution < 1.29 is 20.3 Å². The first-order valence-electron chi connectivity index (χ1n) is 4.57. The fourth-order valence-electron chi connectivity index (χ4n) is 1.13. The summed E-state index contributed by atoms with van der Waals surface area (Å²) in [5.41, 5.74) is 0. The maximum Gasteiger partial charge on any atom is 1.00 e. The smallest absolute Gasteiger partial charge is 1.00 e. The fraction of sp³-hybridized carbons (Fsp3) is 1.00. The van der Waals surface area contributed by atoms with E-state index in [2.05, 4.69) is 25.7 Å². The summed E-state index contributed by atoms with van der Waals surface area (Å²) in [6.45, 7) is 10.5. The van der Waals surface area contributed by atoms with Gasteiger partial charge in [-0.2, -0.15) is 0 Å². The van der Waals surface area contributed by atoms with E-state index in [9.17, 15) is 0 Å². The summed E-state index contributed by atoms with van der Waals surface area (Å²) in [5.74, 6) is 0. The summed E-state index contributed by atoms with van der Waals surface area (Å²) in [5, 5.41) is 0. The van der Waals surface area contributed by atoms with E-state index in [-0.39, 0.29) is 20.3 Å². The van der Waals surface area contributed by atoms with Crippen molar-refractivity contribution in [1.29, 1.82) is 0 Å². The van der Waals surface area contributed by atoms with Crippen LogP contribution in [0.2, 0.25) is 0 Å². The van der Waals surface area contributed by atoms with Crippen LogP contribution in [0.15, 0.2) is 0 Å². The molecule has 0 aliphatic carbocycles. The van der Waals surface area contributed by atoms with E-state index in [1.807, 2.05) is 0 Å². The summed E-state index contributed by atoms with van der Waals surface area (Å²) in [6, 6.07) is 0. The predicted molar refractivity (Wildman–Crippen MR) is 48.4 cm³/mol. The molecule has 0 aliphatic rings. The molecular formula is C9H22LiN. The van der Waals surface area contributed by atoms with Gasteiger partial charge in [-0.05, 0) is 32.5 Å². The van der Waals surface area contributed by atoms with Gasteiger partial charge in [0.2, 0.25) is 0 Å². The molecule has 0 bridgehead atoms. The van der Waals surface area contributed by atoms with Crippen molar-refractivity contribution in [3.63, 3.8) is 0 Å². The molecule has 0 saturated heterocycles. The maximum absolute atomic E-state index is 2.52. The van der Waals surface area contributed by atoms with Crippen LogP contribution in [0, 0.1) is 0 Å². The fourth-order valence-corrected chi connectivity index (χ4v) is 1.13. The Hall–Kier alpha value is 0.557. The first kappa shape index (κ1) is 14.1. The zero-order chi connectivity index (χ0) is 7.82. The topological polar surface area (TPSA) is 3.24 Å². The largest absolute Gasteiger partial charge is 1.00 e. The van der Waals surface area contributed by atoms with Gasteiger partial charge in [-0.15, -0.1) is 0 Å². The second-order valence-corrected chi connectivity index (χ2v) is 2.79. The Kier molecular flexibility index (Phi) is 13.5. The zero-order valence-corrected chi connectivity index (χ0v) is 8.69. The molecule has 0 radical (unpaired) electrons. The Bertz CT molecular complexity index is 71.5. The molecule has 1 nitrogen and oxygen atoms in total. The minimum atomic E-state index is 0. The van der Waals surface area contributed by atoms with E-state index < -0.39 is 0 Å². The van der Waals surface area contributed by atoms with E-state index in [1.165, 1.54) is 38.9 Å². The Morgan fingerprint density at radius 2 is 1.64 bits per heavy atom. The molecule has 0 N–H and O–H groups in total. The van der Waals surface area contributed by atoms with E-state index in [0.29, 0.717) is 0 Å². The number of nitrogens with zero attached hydrogens (tertiary/aromatic N) is 1. The van der Waals surface area contributed by atoms with Crippen LogP contribution >= 0.6 is 0 Å². The quantitative estimate of drug-likeness (QED) is 0.468. The molecule has 0 atom stereocenters. The van der Waals surface area contributed by atoms with Crippen molar-refractivity contribution in [3.05, 3.63) is 0 Å². The van der Waals surface area contributed by atoms with Crippen molar-refractivity contribution >= 4 is 0 Å². The van der Waals surface area contributed by atoms with E-state index in [0.717, 1.165) is 0 Å². The number of hydrogen-bond acceptors (Lipinski definition) is 1. The molecule has 0 fully saturated rings. The summed E-state index contributed by atoms with van der Waals surface area (Å²) < 4.78 is 0. The molecule has 0 saturated carbocycles. The minimum Gasteiger partial charge on any atom is -1.00 e. The van der Waals surface area contributed by atoms with Gasteiger partial charge in [0, 0.05) is 0 Å². The van der Waals surface area contributed by atoms with Crippen LogP contribution in [0.5, 0.6) is 0 Å². The third-order valence-corrected chi connectivity index (χ3v) is 1.81. The van der Waals surface area contributed by atoms with Crippen LogP contribution in [-0.4, -0.2) is 24.5 Å². The van der Waals surface area contributed by atoms with Gasteiger partial charge in [-0.1, -0.05) is 27.2 Å². The van der Waals surface area contributed by atoms with Gasteiger partial charge in [-0.25, -0.2) is 0 Å². The third kappa shape index (κ3) is 8.46. The van der Waals surface area contributed by atoms with Crippen LogP contribution in [-0.2, 0) is 0 Å². The van der Waals surface area contributed by atoms with Crippen molar-refractivity contribution in [2.75, 3.05) is 19.6 Å². The molecule has 0 aromatic carbocycles. The van der Waals surface area contributed by atoms with Gasteiger partial charge in [0.1, 0.15) is 0 Å². The second-order valence-electron chi connectivity index (χ2n) is 2.79. The van der Waals surface area contributed by atoms with Crippen LogP contribution in [0.25, 0.3) is 0 Å². The molecule has 64 valence electrons. The van der Waals surface area contributed by atoms with Crippen LogP contribution < -0.4 is 18.9 Å². The second kappa shape index (κ2) is 10.6. The first-order chi connectivity index (χ1) is 4.85. The third-order valence-electron chi connectivity index (χ3n) is 1.81. The Balaban J connectivity index is -0.000000405. The maximum atomic E-state index is 2.52. The summed E-state index contributed by atoms with van der Waals surface area (Å²) >= 11 is 0. The van der Waals surface area contributed by atoms with Gasteiger partial charge in [-0.3, -0.25) is 0 Å². The van der Waals surface area contributed by atoms with Crippen molar-refractivity contribution in [2.24, 2.45) is 0 Å². The number of rotatable bonds is 6.